The summed E-state index contributed by atoms with van der Waals surface area (Å²) in [6.45, 7) is 6.89. The molecule has 18 heavy (non-hydrogen) atoms. The van der Waals surface area contributed by atoms with Crippen LogP contribution in [-0.4, -0.2) is 12.5 Å². The van der Waals surface area contributed by atoms with Gasteiger partial charge in [0.1, 0.15) is 0 Å². The summed E-state index contributed by atoms with van der Waals surface area (Å²) in [6.07, 6.45) is 2.44. The molecule has 0 atom stereocenters. The lowest BCUT2D eigenvalue weighted by molar-refractivity contribution is -0.125. The standard InChI is InChI=1S/C15H22N2O/c1-14(2,11-4-6-12(16)7-5-11)13(18)17-10-15(3)8-9-15/h4-7H,8-10,16H2,1-3H3,(H,17,18). The first-order valence-corrected chi connectivity index (χ1v) is 6.48. The molecule has 0 radical (unpaired) electrons. The van der Waals surface area contributed by atoms with E-state index in [-0.39, 0.29) is 5.91 Å². The van der Waals surface area contributed by atoms with Crippen molar-refractivity contribution in [3.63, 3.8) is 0 Å². The Hall–Kier alpha value is -1.51. The van der Waals surface area contributed by atoms with Crippen molar-refractivity contribution in [1.82, 2.24) is 5.32 Å². The topological polar surface area (TPSA) is 55.1 Å². The Morgan fingerprint density at radius 3 is 2.39 bits per heavy atom. The quantitative estimate of drug-likeness (QED) is 0.802. The van der Waals surface area contributed by atoms with Gasteiger partial charge in [-0.15, -0.1) is 0 Å². The Morgan fingerprint density at radius 2 is 1.89 bits per heavy atom. The van der Waals surface area contributed by atoms with Gasteiger partial charge in [-0.25, -0.2) is 0 Å². The number of nitrogen functional groups attached to an aromatic ring is 1. The molecule has 1 saturated carbocycles. The average molecular weight is 246 g/mol. The SMILES string of the molecule is CC1(CNC(=O)C(C)(C)c2ccc(N)cc2)CC1. The first-order valence-electron chi connectivity index (χ1n) is 6.48. The van der Waals surface area contributed by atoms with Crippen molar-refractivity contribution in [2.75, 3.05) is 12.3 Å². The van der Waals surface area contributed by atoms with E-state index in [4.69, 9.17) is 5.73 Å². The van der Waals surface area contributed by atoms with Crippen LogP contribution in [0.5, 0.6) is 0 Å². The molecule has 0 aliphatic heterocycles. The number of benzene rings is 1. The van der Waals surface area contributed by atoms with Crippen LogP contribution >= 0.6 is 0 Å². The number of nitrogens with two attached hydrogens (primary N) is 1. The summed E-state index contributed by atoms with van der Waals surface area (Å²) in [5.41, 5.74) is 7.21. The minimum absolute atomic E-state index is 0.0837. The number of nitrogens with one attached hydrogen (secondary N) is 1. The minimum atomic E-state index is -0.515. The predicted molar refractivity (Wildman–Crippen MR) is 74.2 cm³/mol. The molecule has 1 fully saturated rings. The van der Waals surface area contributed by atoms with Gasteiger partial charge in [0.05, 0.1) is 5.41 Å². The Kier molecular flexibility index (Phi) is 3.09. The molecule has 1 aliphatic rings. The third-order valence-corrected chi connectivity index (χ3v) is 3.98. The van der Waals surface area contributed by atoms with Gasteiger partial charge < -0.3 is 11.1 Å². The zero-order valence-corrected chi connectivity index (χ0v) is 11.4. The summed E-state index contributed by atoms with van der Waals surface area (Å²) in [5, 5.41) is 3.07. The molecule has 0 unspecified atom stereocenters. The zero-order chi connectivity index (χ0) is 13.4. The highest BCUT2D eigenvalue weighted by atomic mass is 16.2. The van der Waals surface area contributed by atoms with E-state index in [1.54, 1.807) is 0 Å². The normalized spacial score (nSPS) is 17.3. The molecule has 1 aliphatic carbocycles. The van der Waals surface area contributed by atoms with Crippen LogP contribution in [0.2, 0.25) is 0 Å². The Balaban J connectivity index is 2.04. The number of amides is 1. The van der Waals surface area contributed by atoms with Gasteiger partial charge in [-0.1, -0.05) is 19.1 Å². The number of carbonyl (C=O) groups excluding carboxylic acids is 1. The molecule has 3 N–H and O–H groups in total. The van der Waals surface area contributed by atoms with E-state index in [0.29, 0.717) is 5.41 Å². The van der Waals surface area contributed by atoms with E-state index >= 15 is 0 Å². The lowest BCUT2D eigenvalue weighted by atomic mass is 9.83. The summed E-state index contributed by atoms with van der Waals surface area (Å²) in [6, 6.07) is 7.53. The average Bonchev–Trinajstić information content (AvgIpc) is 3.05. The van der Waals surface area contributed by atoms with E-state index in [1.807, 2.05) is 38.1 Å². The van der Waals surface area contributed by atoms with Crippen molar-refractivity contribution in [3.8, 4) is 0 Å². The van der Waals surface area contributed by atoms with Gasteiger partial charge >= 0.3 is 0 Å². The van der Waals surface area contributed by atoms with E-state index < -0.39 is 5.41 Å². The molecule has 3 heteroatoms. The van der Waals surface area contributed by atoms with Crippen LogP contribution in [0, 0.1) is 5.41 Å². The summed E-state index contributed by atoms with van der Waals surface area (Å²) in [7, 11) is 0. The summed E-state index contributed by atoms with van der Waals surface area (Å²) in [5.74, 6) is 0.0837. The lowest BCUT2D eigenvalue weighted by Gasteiger charge is -2.25. The van der Waals surface area contributed by atoms with E-state index in [2.05, 4.69) is 12.2 Å². The second kappa shape index (κ2) is 4.30. The molecule has 0 heterocycles. The molecule has 1 amide bonds. The van der Waals surface area contributed by atoms with Crippen molar-refractivity contribution in [1.29, 1.82) is 0 Å². The molecular formula is C15H22N2O. The molecular weight excluding hydrogens is 224 g/mol. The lowest BCUT2D eigenvalue weighted by Crippen LogP contribution is -2.42. The second-order valence-corrected chi connectivity index (χ2v) is 6.24. The minimum Gasteiger partial charge on any atom is -0.399 e. The van der Waals surface area contributed by atoms with Crippen molar-refractivity contribution in [3.05, 3.63) is 29.8 Å². The van der Waals surface area contributed by atoms with Crippen molar-refractivity contribution in [2.24, 2.45) is 5.41 Å². The maximum atomic E-state index is 12.3. The van der Waals surface area contributed by atoms with E-state index in [1.165, 1.54) is 12.8 Å². The van der Waals surface area contributed by atoms with Crippen LogP contribution in [0.3, 0.4) is 0 Å². The van der Waals surface area contributed by atoms with Gasteiger partial charge in [-0.05, 0) is 49.8 Å². The molecule has 3 nitrogen and oxygen atoms in total. The van der Waals surface area contributed by atoms with Crippen LogP contribution < -0.4 is 11.1 Å². The third-order valence-electron chi connectivity index (χ3n) is 3.98. The summed E-state index contributed by atoms with van der Waals surface area (Å²) in [4.78, 5) is 12.3. The smallest absolute Gasteiger partial charge is 0.230 e. The van der Waals surface area contributed by atoms with Crippen molar-refractivity contribution >= 4 is 11.6 Å². The maximum absolute atomic E-state index is 12.3. The Labute approximate surface area is 109 Å². The largest absolute Gasteiger partial charge is 0.399 e. The monoisotopic (exact) mass is 246 g/mol. The first kappa shape index (κ1) is 12.9. The van der Waals surface area contributed by atoms with Gasteiger partial charge in [0, 0.05) is 12.2 Å². The summed E-state index contributed by atoms with van der Waals surface area (Å²) < 4.78 is 0. The van der Waals surface area contributed by atoms with Crippen LogP contribution in [0.4, 0.5) is 5.69 Å². The zero-order valence-electron chi connectivity index (χ0n) is 11.4. The highest BCUT2D eigenvalue weighted by Gasteiger charge is 2.39. The molecule has 0 aromatic heterocycles. The van der Waals surface area contributed by atoms with Gasteiger partial charge in [0.2, 0.25) is 5.91 Å². The summed E-state index contributed by atoms with van der Waals surface area (Å²) >= 11 is 0. The van der Waals surface area contributed by atoms with Crippen LogP contribution in [0.25, 0.3) is 0 Å². The first-order chi connectivity index (χ1) is 8.33. The van der Waals surface area contributed by atoms with Crippen molar-refractivity contribution < 1.29 is 4.79 Å². The molecule has 1 aromatic rings. The second-order valence-electron chi connectivity index (χ2n) is 6.24. The third kappa shape index (κ3) is 2.66. The van der Waals surface area contributed by atoms with Gasteiger partial charge in [-0.3, -0.25) is 4.79 Å². The van der Waals surface area contributed by atoms with Crippen molar-refractivity contribution in [2.45, 2.75) is 39.0 Å². The van der Waals surface area contributed by atoms with E-state index in [0.717, 1.165) is 17.8 Å². The van der Waals surface area contributed by atoms with Gasteiger partial charge in [0.25, 0.3) is 0 Å². The molecule has 0 spiro atoms. The molecule has 0 saturated heterocycles. The molecule has 98 valence electrons. The Bertz CT molecular complexity index is 444. The fourth-order valence-electron chi connectivity index (χ4n) is 1.94. The van der Waals surface area contributed by atoms with E-state index in [9.17, 15) is 4.79 Å². The molecule has 1 aromatic carbocycles. The van der Waals surface area contributed by atoms with Crippen LogP contribution in [0.1, 0.15) is 39.2 Å². The maximum Gasteiger partial charge on any atom is 0.230 e. The number of hydrogen-bond donors (Lipinski definition) is 2. The predicted octanol–water partition coefficient (Wildman–Crippen LogP) is 2.46. The van der Waals surface area contributed by atoms with Gasteiger partial charge in [0.15, 0.2) is 0 Å². The highest BCUT2D eigenvalue weighted by Crippen LogP contribution is 2.44. The van der Waals surface area contributed by atoms with Crippen LogP contribution in [-0.2, 0) is 10.2 Å². The highest BCUT2D eigenvalue weighted by molar-refractivity contribution is 5.87. The number of anilines is 1. The molecule has 2 rings (SSSR count). The number of hydrogen-bond acceptors (Lipinski definition) is 2. The Morgan fingerprint density at radius 1 is 1.33 bits per heavy atom. The number of carbonyl (C=O) groups is 1. The van der Waals surface area contributed by atoms with Gasteiger partial charge in [-0.2, -0.15) is 0 Å². The fourth-order valence-corrected chi connectivity index (χ4v) is 1.94. The van der Waals surface area contributed by atoms with Crippen LogP contribution in [0.15, 0.2) is 24.3 Å². The molecule has 0 bridgehead atoms. The fraction of sp³-hybridized carbons (Fsp3) is 0.533. The number of rotatable bonds is 4.